The Morgan fingerprint density at radius 3 is 2.55 bits per heavy atom. The number of hydrogen-bond acceptors (Lipinski definition) is 2. The van der Waals surface area contributed by atoms with Crippen LogP contribution in [0.25, 0.3) is 0 Å². The van der Waals surface area contributed by atoms with Gasteiger partial charge < -0.3 is 10.1 Å². The summed E-state index contributed by atoms with van der Waals surface area (Å²) in [5.41, 5.74) is 1.54. The second-order valence-electron chi connectivity index (χ2n) is 6.92. The first-order valence-electron chi connectivity index (χ1n) is 7.98. The molecule has 0 aromatic heterocycles. The van der Waals surface area contributed by atoms with Gasteiger partial charge in [-0.05, 0) is 24.3 Å². The Kier molecular flexibility index (Phi) is 6.06. The topological polar surface area (TPSA) is 21.3 Å². The second kappa shape index (κ2) is 7.80. The number of rotatable bonds is 8. The fourth-order valence-corrected chi connectivity index (χ4v) is 2.87. The van der Waals surface area contributed by atoms with E-state index >= 15 is 0 Å². The highest BCUT2D eigenvalue weighted by Gasteiger charge is 2.20. The first kappa shape index (κ1) is 15.5. The summed E-state index contributed by atoms with van der Waals surface area (Å²) in [5, 5.41) is 3.54. The first-order valence-corrected chi connectivity index (χ1v) is 7.98. The summed E-state index contributed by atoms with van der Waals surface area (Å²) in [7, 11) is 0. The molecule has 20 heavy (non-hydrogen) atoms. The van der Waals surface area contributed by atoms with E-state index in [4.69, 9.17) is 4.74 Å². The summed E-state index contributed by atoms with van der Waals surface area (Å²) in [5.74, 6) is 0.822. The second-order valence-corrected chi connectivity index (χ2v) is 6.92. The van der Waals surface area contributed by atoms with Gasteiger partial charge in [0.25, 0.3) is 0 Å². The number of ether oxygens (including phenoxy) is 1. The van der Waals surface area contributed by atoms with Crippen molar-refractivity contribution in [3.63, 3.8) is 0 Å². The summed E-state index contributed by atoms with van der Waals surface area (Å²) in [6.45, 7) is 8.30. The zero-order valence-electron chi connectivity index (χ0n) is 13.0. The van der Waals surface area contributed by atoms with Crippen molar-refractivity contribution in [1.29, 1.82) is 0 Å². The van der Waals surface area contributed by atoms with Gasteiger partial charge in [-0.2, -0.15) is 0 Å². The molecule has 1 aromatic carbocycles. The summed E-state index contributed by atoms with van der Waals surface area (Å²) >= 11 is 0. The maximum absolute atomic E-state index is 5.95. The highest BCUT2D eigenvalue weighted by atomic mass is 16.5. The predicted molar refractivity (Wildman–Crippen MR) is 84.7 cm³/mol. The van der Waals surface area contributed by atoms with Crippen LogP contribution in [-0.4, -0.2) is 19.8 Å². The lowest BCUT2D eigenvalue weighted by atomic mass is 9.94. The third-order valence-electron chi connectivity index (χ3n) is 4.10. The van der Waals surface area contributed by atoms with Crippen LogP contribution in [0.3, 0.4) is 0 Å². The molecular formula is C18H29NO. The van der Waals surface area contributed by atoms with Gasteiger partial charge in [0, 0.05) is 25.1 Å². The van der Waals surface area contributed by atoms with Crippen LogP contribution in [0.2, 0.25) is 0 Å². The molecule has 1 saturated carbocycles. The number of nitrogens with one attached hydrogen (secondary N) is 1. The lowest BCUT2D eigenvalue weighted by molar-refractivity contribution is 0.0413. The van der Waals surface area contributed by atoms with Gasteiger partial charge in [-0.1, -0.05) is 57.0 Å². The molecule has 1 N–H and O–H groups in total. The molecule has 1 aliphatic carbocycles. The Balaban J connectivity index is 1.60. The molecule has 2 nitrogen and oxygen atoms in total. The van der Waals surface area contributed by atoms with E-state index in [-0.39, 0.29) is 5.41 Å². The summed E-state index contributed by atoms with van der Waals surface area (Å²) in [4.78, 5) is 0. The molecule has 112 valence electrons. The Morgan fingerprint density at radius 1 is 1.15 bits per heavy atom. The van der Waals surface area contributed by atoms with Gasteiger partial charge in [-0.3, -0.25) is 0 Å². The van der Waals surface area contributed by atoms with Gasteiger partial charge in [0.2, 0.25) is 0 Å². The summed E-state index contributed by atoms with van der Waals surface area (Å²) in [6, 6.07) is 10.6. The van der Waals surface area contributed by atoms with Gasteiger partial charge in [-0.15, -0.1) is 0 Å². The fourth-order valence-electron chi connectivity index (χ4n) is 2.87. The smallest absolute Gasteiger partial charge is 0.0529 e. The monoisotopic (exact) mass is 275 g/mol. The van der Waals surface area contributed by atoms with Crippen molar-refractivity contribution in [2.24, 2.45) is 11.3 Å². The Morgan fingerprint density at radius 2 is 1.85 bits per heavy atom. The molecule has 2 heteroatoms. The van der Waals surface area contributed by atoms with E-state index in [0.717, 1.165) is 32.2 Å². The van der Waals surface area contributed by atoms with Crippen LogP contribution in [0, 0.1) is 11.3 Å². The van der Waals surface area contributed by atoms with Crippen molar-refractivity contribution >= 4 is 0 Å². The molecule has 0 bridgehead atoms. The minimum absolute atomic E-state index is 0.202. The van der Waals surface area contributed by atoms with Gasteiger partial charge in [0.1, 0.15) is 0 Å². The molecule has 0 spiro atoms. The van der Waals surface area contributed by atoms with Crippen LogP contribution in [0.5, 0.6) is 0 Å². The molecule has 0 unspecified atom stereocenters. The Labute approximate surface area is 123 Å². The van der Waals surface area contributed by atoms with Crippen LogP contribution in [0.1, 0.15) is 45.1 Å². The van der Waals surface area contributed by atoms with Crippen LogP contribution in [-0.2, 0) is 11.3 Å². The van der Waals surface area contributed by atoms with Crippen LogP contribution in [0.15, 0.2) is 30.3 Å². The van der Waals surface area contributed by atoms with Crippen LogP contribution in [0.4, 0.5) is 0 Å². The Hall–Kier alpha value is -0.860. The van der Waals surface area contributed by atoms with Crippen LogP contribution < -0.4 is 5.32 Å². The van der Waals surface area contributed by atoms with Crippen molar-refractivity contribution in [2.75, 3.05) is 19.8 Å². The standard InChI is InChI=1S/C18H29NO/c1-18(2,15-20-13-17-10-6-7-11-17)14-19-12-16-8-4-3-5-9-16/h3-5,8-9,17,19H,6-7,10-15H2,1-2H3. The zero-order chi connectivity index (χ0) is 14.3. The molecular weight excluding hydrogens is 246 g/mol. The summed E-state index contributed by atoms with van der Waals surface area (Å²) in [6.07, 6.45) is 5.53. The Bertz CT molecular complexity index is 368. The fraction of sp³-hybridized carbons (Fsp3) is 0.667. The van der Waals surface area contributed by atoms with Gasteiger partial charge in [0.15, 0.2) is 0 Å². The molecule has 0 aliphatic heterocycles. The minimum atomic E-state index is 0.202. The molecule has 1 aliphatic rings. The van der Waals surface area contributed by atoms with E-state index in [1.54, 1.807) is 0 Å². The molecule has 0 amide bonds. The molecule has 1 aromatic rings. The third kappa shape index (κ3) is 5.64. The minimum Gasteiger partial charge on any atom is -0.381 e. The molecule has 0 radical (unpaired) electrons. The van der Waals surface area contributed by atoms with Crippen molar-refractivity contribution in [1.82, 2.24) is 5.32 Å². The average Bonchev–Trinajstić information content (AvgIpc) is 2.93. The maximum atomic E-state index is 5.95. The van der Waals surface area contributed by atoms with Crippen LogP contribution >= 0.6 is 0 Å². The van der Waals surface area contributed by atoms with Crippen molar-refractivity contribution in [3.05, 3.63) is 35.9 Å². The van der Waals surface area contributed by atoms with E-state index < -0.39 is 0 Å². The highest BCUT2D eigenvalue weighted by Crippen LogP contribution is 2.25. The molecule has 2 rings (SSSR count). The SMILES string of the molecule is CC(C)(CNCc1ccccc1)COCC1CCCC1. The third-order valence-corrected chi connectivity index (χ3v) is 4.10. The van der Waals surface area contributed by atoms with E-state index in [2.05, 4.69) is 49.5 Å². The van der Waals surface area contributed by atoms with E-state index in [1.165, 1.54) is 31.2 Å². The quantitative estimate of drug-likeness (QED) is 0.774. The first-order chi connectivity index (χ1) is 9.66. The van der Waals surface area contributed by atoms with E-state index in [9.17, 15) is 0 Å². The largest absolute Gasteiger partial charge is 0.381 e. The van der Waals surface area contributed by atoms with E-state index in [1.807, 2.05) is 0 Å². The summed E-state index contributed by atoms with van der Waals surface area (Å²) < 4.78 is 5.95. The number of benzene rings is 1. The molecule has 1 fully saturated rings. The average molecular weight is 275 g/mol. The van der Waals surface area contributed by atoms with Gasteiger partial charge in [-0.25, -0.2) is 0 Å². The van der Waals surface area contributed by atoms with Gasteiger partial charge >= 0.3 is 0 Å². The van der Waals surface area contributed by atoms with Crippen molar-refractivity contribution < 1.29 is 4.74 Å². The molecule has 0 heterocycles. The lowest BCUT2D eigenvalue weighted by Gasteiger charge is -2.25. The highest BCUT2D eigenvalue weighted by molar-refractivity contribution is 5.14. The lowest BCUT2D eigenvalue weighted by Crippen LogP contribution is -2.33. The van der Waals surface area contributed by atoms with Crippen molar-refractivity contribution in [3.8, 4) is 0 Å². The molecule has 0 atom stereocenters. The maximum Gasteiger partial charge on any atom is 0.0529 e. The van der Waals surface area contributed by atoms with Gasteiger partial charge in [0.05, 0.1) is 6.61 Å². The number of hydrogen-bond donors (Lipinski definition) is 1. The van der Waals surface area contributed by atoms with E-state index in [0.29, 0.717) is 0 Å². The normalized spacial score (nSPS) is 16.7. The predicted octanol–water partition coefficient (Wildman–Crippen LogP) is 4.01. The molecule has 0 saturated heterocycles. The van der Waals surface area contributed by atoms with Crippen molar-refractivity contribution in [2.45, 2.75) is 46.1 Å². The zero-order valence-corrected chi connectivity index (χ0v) is 13.0.